The number of carbonyl (C=O) groups is 2. The monoisotopic (exact) mass is 537 g/mol. The molecule has 1 aliphatic rings. The molecular weight excluding hydrogens is 514 g/mol. The normalized spacial score (nSPS) is 14.1. The lowest BCUT2D eigenvalue weighted by Gasteiger charge is -2.16. The quantitative estimate of drug-likeness (QED) is 0.356. The average molecular weight is 538 g/mol. The van der Waals surface area contributed by atoms with Crippen LogP contribution in [-0.4, -0.2) is 39.6 Å². The first-order valence-electron chi connectivity index (χ1n) is 12.4. The van der Waals surface area contributed by atoms with E-state index in [2.05, 4.69) is 15.4 Å². The van der Waals surface area contributed by atoms with E-state index in [4.69, 9.17) is 4.74 Å². The standard InChI is InChI=1S/C29H23N5O4S/c1-3-38-20-14-10-18(11-15-20)26-31-29-34(32-26)28(37)25(39-29)24-21-6-4-5-7-22(21)33(27(24)36)16-23(35)30-19-12-8-17(2)9-13-19/h4-15H,3,16H2,1-2H3,(H,30,35). The number of thiazole rings is 1. The SMILES string of the molecule is CCOc1ccc(-c2nc3sc(=C4C(=O)N(CC(=O)Nc5ccc(C)cc5)c5ccccc54)c(=O)n3n2)cc1. The Morgan fingerprint density at radius 2 is 1.74 bits per heavy atom. The van der Waals surface area contributed by atoms with Gasteiger partial charge < -0.3 is 10.1 Å². The van der Waals surface area contributed by atoms with Gasteiger partial charge in [0.05, 0.1) is 17.9 Å². The average Bonchev–Trinajstić information content (AvgIpc) is 3.57. The summed E-state index contributed by atoms with van der Waals surface area (Å²) < 4.78 is 6.94. The van der Waals surface area contributed by atoms with Crippen LogP contribution in [0.5, 0.6) is 5.75 Å². The molecule has 6 rings (SSSR count). The lowest BCUT2D eigenvalue weighted by atomic mass is 10.1. The van der Waals surface area contributed by atoms with Gasteiger partial charge in [-0.1, -0.05) is 47.2 Å². The minimum atomic E-state index is -0.427. The third-order valence-electron chi connectivity index (χ3n) is 6.37. The lowest BCUT2D eigenvalue weighted by Crippen LogP contribution is -2.37. The number of hydrogen-bond donors (Lipinski definition) is 1. The van der Waals surface area contributed by atoms with Gasteiger partial charge in [0.25, 0.3) is 11.5 Å². The molecule has 10 heteroatoms. The second-order valence-electron chi connectivity index (χ2n) is 9.02. The van der Waals surface area contributed by atoms with Crippen molar-refractivity contribution in [3.63, 3.8) is 0 Å². The highest BCUT2D eigenvalue weighted by Gasteiger charge is 2.35. The smallest absolute Gasteiger partial charge is 0.291 e. The summed E-state index contributed by atoms with van der Waals surface area (Å²) in [6, 6.07) is 21.9. The van der Waals surface area contributed by atoms with Crippen LogP contribution in [0.15, 0.2) is 77.6 Å². The summed E-state index contributed by atoms with van der Waals surface area (Å²) in [7, 11) is 0. The highest BCUT2D eigenvalue weighted by atomic mass is 32.1. The van der Waals surface area contributed by atoms with Crippen molar-refractivity contribution in [1.29, 1.82) is 0 Å². The molecule has 0 radical (unpaired) electrons. The maximum atomic E-state index is 13.6. The second kappa shape index (κ2) is 9.80. The molecule has 0 atom stereocenters. The number of para-hydroxylation sites is 1. The molecule has 2 amide bonds. The van der Waals surface area contributed by atoms with Gasteiger partial charge in [0.15, 0.2) is 5.82 Å². The Kier molecular flexibility index (Phi) is 6.16. The number of aromatic nitrogens is 3. The maximum Gasteiger partial charge on any atom is 0.291 e. The minimum Gasteiger partial charge on any atom is -0.494 e. The number of aryl methyl sites for hydroxylation is 1. The number of anilines is 2. The number of nitrogens with zero attached hydrogens (tertiary/aromatic N) is 4. The van der Waals surface area contributed by atoms with E-state index in [1.54, 1.807) is 24.3 Å². The molecule has 3 heterocycles. The number of fused-ring (bicyclic) bond motifs is 2. The first-order valence-corrected chi connectivity index (χ1v) is 13.2. The molecule has 0 spiro atoms. The van der Waals surface area contributed by atoms with Crippen LogP contribution in [0.25, 0.3) is 21.9 Å². The fourth-order valence-corrected chi connectivity index (χ4v) is 5.51. The van der Waals surface area contributed by atoms with Crippen LogP contribution < -0.4 is 25.0 Å². The molecule has 0 unspecified atom stereocenters. The van der Waals surface area contributed by atoms with Crippen LogP contribution in [0.3, 0.4) is 0 Å². The molecule has 0 bridgehead atoms. The maximum absolute atomic E-state index is 13.6. The largest absolute Gasteiger partial charge is 0.494 e. The molecular formula is C29H23N5O4S. The Morgan fingerprint density at radius 1 is 1.00 bits per heavy atom. The van der Waals surface area contributed by atoms with Gasteiger partial charge in [0.1, 0.15) is 16.8 Å². The summed E-state index contributed by atoms with van der Waals surface area (Å²) in [6.45, 7) is 4.25. The third-order valence-corrected chi connectivity index (χ3v) is 7.40. The molecule has 0 saturated carbocycles. The number of benzene rings is 3. The van der Waals surface area contributed by atoms with Gasteiger partial charge in [0, 0.05) is 16.8 Å². The number of hydrogen-bond acceptors (Lipinski definition) is 7. The zero-order valence-corrected chi connectivity index (χ0v) is 22.0. The van der Waals surface area contributed by atoms with Crippen molar-refractivity contribution in [1.82, 2.24) is 14.6 Å². The summed E-state index contributed by atoms with van der Waals surface area (Å²) in [5, 5.41) is 7.24. The van der Waals surface area contributed by atoms with Crippen molar-refractivity contribution in [2.75, 3.05) is 23.4 Å². The topological polar surface area (TPSA) is 106 Å². The van der Waals surface area contributed by atoms with E-state index >= 15 is 0 Å². The molecule has 3 aromatic carbocycles. The van der Waals surface area contributed by atoms with Crippen molar-refractivity contribution in [2.45, 2.75) is 13.8 Å². The fourth-order valence-electron chi connectivity index (χ4n) is 4.51. The summed E-state index contributed by atoms with van der Waals surface area (Å²) >= 11 is 1.11. The van der Waals surface area contributed by atoms with Gasteiger partial charge in [-0.25, -0.2) is 0 Å². The van der Waals surface area contributed by atoms with Crippen LogP contribution in [0, 0.1) is 6.92 Å². The van der Waals surface area contributed by atoms with Gasteiger partial charge >= 0.3 is 0 Å². The highest BCUT2D eigenvalue weighted by Crippen LogP contribution is 2.35. The van der Waals surface area contributed by atoms with Crippen molar-refractivity contribution in [3.05, 3.63) is 98.8 Å². The first kappa shape index (κ1) is 24.5. The summed E-state index contributed by atoms with van der Waals surface area (Å²) in [4.78, 5) is 46.2. The number of amides is 2. The minimum absolute atomic E-state index is 0.190. The Balaban J connectivity index is 1.35. The van der Waals surface area contributed by atoms with E-state index in [1.165, 1.54) is 9.42 Å². The molecule has 39 heavy (non-hydrogen) atoms. The van der Waals surface area contributed by atoms with E-state index in [9.17, 15) is 14.4 Å². The first-order chi connectivity index (χ1) is 18.9. The molecule has 0 saturated heterocycles. The molecule has 1 aliphatic heterocycles. The molecule has 9 nitrogen and oxygen atoms in total. The molecule has 194 valence electrons. The van der Waals surface area contributed by atoms with Crippen LogP contribution in [0.2, 0.25) is 0 Å². The van der Waals surface area contributed by atoms with Crippen LogP contribution >= 0.6 is 11.3 Å². The number of rotatable bonds is 6. The molecule has 5 aromatic rings. The van der Waals surface area contributed by atoms with E-state index in [0.717, 1.165) is 28.2 Å². The molecule has 2 aromatic heterocycles. The number of nitrogens with one attached hydrogen (secondary N) is 1. The van der Waals surface area contributed by atoms with Gasteiger partial charge in [-0.2, -0.15) is 9.50 Å². The van der Waals surface area contributed by atoms with Gasteiger partial charge in [-0.15, -0.1) is 5.10 Å². The van der Waals surface area contributed by atoms with Crippen molar-refractivity contribution in [2.24, 2.45) is 0 Å². The number of carbonyl (C=O) groups excluding carboxylic acids is 2. The fraction of sp³-hybridized carbons (Fsp3) is 0.138. The lowest BCUT2D eigenvalue weighted by molar-refractivity contribution is -0.118. The zero-order chi connectivity index (χ0) is 27.1. The summed E-state index contributed by atoms with van der Waals surface area (Å²) in [5.74, 6) is 0.392. The third kappa shape index (κ3) is 4.44. The summed E-state index contributed by atoms with van der Waals surface area (Å²) in [6.07, 6.45) is 0. The van der Waals surface area contributed by atoms with Crippen LogP contribution in [-0.2, 0) is 9.59 Å². The second-order valence-corrected chi connectivity index (χ2v) is 10.00. The predicted octanol–water partition coefficient (Wildman–Crippen LogP) is 3.43. The van der Waals surface area contributed by atoms with E-state index < -0.39 is 11.5 Å². The van der Waals surface area contributed by atoms with E-state index in [1.807, 2.05) is 62.4 Å². The van der Waals surface area contributed by atoms with Crippen LogP contribution in [0.4, 0.5) is 11.4 Å². The Morgan fingerprint density at radius 3 is 2.46 bits per heavy atom. The Bertz CT molecular complexity index is 1840. The van der Waals surface area contributed by atoms with E-state index in [-0.39, 0.29) is 22.6 Å². The molecule has 1 N–H and O–H groups in total. The van der Waals surface area contributed by atoms with Gasteiger partial charge in [-0.05, 0) is 56.3 Å². The van der Waals surface area contributed by atoms with Gasteiger partial charge in [-0.3, -0.25) is 19.3 Å². The van der Waals surface area contributed by atoms with Crippen molar-refractivity contribution < 1.29 is 14.3 Å². The highest BCUT2D eigenvalue weighted by molar-refractivity contribution is 7.15. The van der Waals surface area contributed by atoms with Crippen molar-refractivity contribution >= 4 is 45.1 Å². The number of ether oxygens (including phenoxy) is 1. The molecule has 0 fully saturated rings. The Hall–Kier alpha value is -4.83. The van der Waals surface area contributed by atoms with E-state index in [0.29, 0.717) is 34.3 Å². The zero-order valence-electron chi connectivity index (χ0n) is 21.2. The van der Waals surface area contributed by atoms with Gasteiger partial charge in [0.2, 0.25) is 10.9 Å². The van der Waals surface area contributed by atoms with Crippen molar-refractivity contribution in [3.8, 4) is 17.1 Å². The molecule has 0 aliphatic carbocycles. The summed E-state index contributed by atoms with van der Waals surface area (Å²) in [5.41, 5.74) is 3.46. The van der Waals surface area contributed by atoms with Crippen LogP contribution in [0.1, 0.15) is 18.1 Å². The Labute approximate surface area is 227 Å². The predicted molar refractivity (Wildman–Crippen MR) is 150 cm³/mol.